The summed E-state index contributed by atoms with van der Waals surface area (Å²) in [5.74, 6) is 0.657. The second kappa shape index (κ2) is 7.88. The molecule has 2 aliphatic heterocycles. The van der Waals surface area contributed by atoms with E-state index in [-0.39, 0.29) is 11.7 Å². The molecule has 0 aromatic heterocycles. The first-order valence-corrected chi connectivity index (χ1v) is 10.7. The molecule has 0 aliphatic carbocycles. The Hall–Kier alpha value is -3.25. The topological polar surface area (TPSA) is 45.0 Å². The van der Waals surface area contributed by atoms with Gasteiger partial charge in [-0.15, -0.1) is 0 Å². The molecule has 0 radical (unpaired) electrons. The fourth-order valence-corrected chi connectivity index (χ4v) is 4.61. The molecule has 5 rings (SSSR count). The number of carbonyl (C=O) groups is 1. The van der Waals surface area contributed by atoms with Crippen LogP contribution in [-0.4, -0.2) is 27.9 Å². The maximum atomic E-state index is 14.1. The van der Waals surface area contributed by atoms with E-state index in [2.05, 4.69) is 0 Å². The summed E-state index contributed by atoms with van der Waals surface area (Å²) in [6.45, 7) is 0. The average molecular weight is 415 g/mol. The van der Waals surface area contributed by atoms with Crippen molar-refractivity contribution in [2.45, 2.75) is 18.2 Å². The normalized spacial score (nSPS) is 17.3. The van der Waals surface area contributed by atoms with Crippen molar-refractivity contribution in [3.63, 3.8) is 0 Å². The molecule has 1 unspecified atom stereocenters. The van der Waals surface area contributed by atoms with Gasteiger partial charge in [0, 0.05) is 17.7 Å². The Kier molecular flexibility index (Phi) is 4.93. The van der Waals surface area contributed by atoms with Crippen LogP contribution in [0.1, 0.15) is 16.7 Å². The van der Waals surface area contributed by atoms with Gasteiger partial charge in [-0.1, -0.05) is 72.4 Å². The van der Waals surface area contributed by atoms with Crippen LogP contribution >= 0.6 is 11.8 Å². The molecule has 0 saturated heterocycles. The largest absolute Gasteiger partial charge is 0.271 e. The summed E-state index contributed by atoms with van der Waals surface area (Å²) in [5, 5.41) is 0.538. The van der Waals surface area contributed by atoms with E-state index in [1.54, 1.807) is 23.1 Å². The van der Waals surface area contributed by atoms with Crippen LogP contribution in [0.4, 0.5) is 10.1 Å². The lowest BCUT2D eigenvalue weighted by Crippen LogP contribution is -2.41. The Labute approximate surface area is 178 Å². The molecule has 0 saturated carbocycles. The van der Waals surface area contributed by atoms with E-state index in [9.17, 15) is 9.18 Å². The first kappa shape index (κ1) is 18.8. The highest BCUT2D eigenvalue weighted by molar-refractivity contribution is 8.13. The number of benzene rings is 3. The summed E-state index contributed by atoms with van der Waals surface area (Å²) in [5.41, 5.74) is 3.26. The van der Waals surface area contributed by atoms with Crippen LogP contribution in [0.5, 0.6) is 0 Å². The molecule has 0 spiro atoms. The number of carbonyl (C=O) groups excluding carboxylic acids is 1. The van der Waals surface area contributed by atoms with Crippen molar-refractivity contribution in [3.05, 3.63) is 101 Å². The number of halogens is 1. The van der Waals surface area contributed by atoms with Crippen molar-refractivity contribution in [1.82, 2.24) is 4.90 Å². The van der Waals surface area contributed by atoms with Crippen LogP contribution in [-0.2, 0) is 17.0 Å². The van der Waals surface area contributed by atoms with E-state index >= 15 is 0 Å². The standard InChI is InChI=1S/C24H18FN3OS/c25-19-12-6-4-10-17(19)15-30-24-27-20-13-7-5-11-18(20)22-26-21(23(29)28(22)24)14-16-8-2-1-3-9-16/h1-13,21H,14-15H2. The number of hydrogen-bond donors (Lipinski definition) is 0. The first-order valence-electron chi connectivity index (χ1n) is 9.71. The number of amidine groups is 2. The SMILES string of the molecule is O=C1C(Cc2ccccc2)N=C2c3ccccc3N=C(SCc3ccccc3F)N12. The third-order valence-corrected chi connectivity index (χ3v) is 6.12. The minimum Gasteiger partial charge on any atom is -0.271 e. The van der Waals surface area contributed by atoms with Gasteiger partial charge in [-0.25, -0.2) is 14.3 Å². The van der Waals surface area contributed by atoms with Crippen LogP contribution in [0.3, 0.4) is 0 Å². The quantitative estimate of drug-likeness (QED) is 0.605. The highest BCUT2D eigenvalue weighted by atomic mass is 32.2. The molecular formula is C24H18FN3OS. The number of aliphatic imine (C=N–C) groups is 2. The molecule has 6 heteroatoms. The smallest absolute Gasteiger partial charge is 0.259 e. The molecular weight excluding hydrogens is 397 g/mol. The fraction of sp³-hybridized carbons (Fsp3) is 0.125. The summed E-state index contributed by atoms with van der Waals surface area (Å²) in [6, 6.07) is 23.7. The van der Waals surface area contributed by atoms with Crippen LogP contribution in [0.15, 0.2) is 88.8 Å². The molecule has 2 aliphatic rings. The van der Waals surface area contributed by atoms with Gasteiger partial charge in [-0.05, 0) is 29.3 Å². The molecule has 4 nitrogen and oxygen atoms in total. The lowest BCUT2D eigenvalue weighted by Gasteiger charge is -2.25. The minimum absolute atomic E-state index is 0.0943. The molecule has 2 heterocycles. The molecule has 148 valence electrons. The van der Waals surface area contributed by atoms with Gasteiger partial charge < -0.3 is 0 Å². The Balaban J connectivity index is 1.47. The minimum atomic E-state index is -0.493. The second-order valence-corrected chi connectivity index (χ2v) is 8.07. The summed E-state index contributed by atoms with van der Waals surface area (Å²) >= 11 is 1.35. The van der Waals surface area contributed by atoms with Gasteiger partial charge in [0.2, 0.25) is 0 Å². The van der Waals surface area contributed by atoms with Crippen LogP contribution in [0.25, 0.3) is 0 Å². The van der Waals surface area contributed by atoms with E-state index in [1.165, 1.54) is 17.8 Å². The average Bonchev–Trinajstić information content (AvgIpc) is 3.10. The van der Waals surface area contributed by atoms with E-state index in [4.69, 9.17) is 9.98 Å². The maximum Gasteiger partial charge on any atom is 0.259 e. The number of para-hydroxylation sites is 1. The summed E-state index contributed by atoms with van der Waals surface area (Å²) in [7, 11) is 0. The van der Waals surface area contributed by atoms with Crippen molar-refractivity contribution < 1.29 is 9.18 Å². The van der Waals surface area contributed by atoms with Crippen LogP contribution in [0, 0.1) is 5.82 Å². The molecule has 1 amide bonds. The van der Waals surface area contributed by atoms with Crippen molar-refractivity contribution in [1.29, 1.82) is 0 Å². The Morgan fingerprint density at radius 1 is 0.933 bits per heavy atom. The zero-order chi connectivity index (χ0) is 20.5. The van der Waals surface area contributed by atoms with Crippen LogP contribution < -0.4 is 0 Å². The zero-order valence-corrected chi connectivity index (χ0v) is 16.8. The molecule has 3 aromatic rings. The van der Waals surface area contributed by atoms with Crippen molar-refractivity contribution in [2.24, 2.45) is 9.98 Å². The van der Waals surface area contributed by atoms with Gasteiger partial charge in [-0.2, -0.15) is 0 Å². The number of nitrogens with zero attached hydrogens (tertiary/aromatic N) is 3. The highest BCUT2D eigenvalue weighted by Crippen LogP contribution is 2.35. The van der Waals surface area contributed by atoms with Crippen molar-refractivity contribution >= 4 is 34.4 Å². The predicted octanol–water partition coefficient (Wildman–Crippen LogP) is 4.96. The number of hydrogen-bond acceptors (Lipinski definition) is 4. The molecule has 30 heavy (non-hydrogen) atoms. The van der Waals surface area contributed by atoms with E-state index in [1.807, 2.05) is 54.6 Å². The number of rotatable bonds is 4. The van der Waals surface area contributed by atoms with Crippen LogP contribution in [0.2, 0.25) is 0 Å². The van der Waals surface area contributed by atoms with Gasteiger partial charge in [0.15, 0.2) is 5.17 Å². The van der Waals surface area contributed by atoms with Crippen molar-refractivity contribution in [2.75, 3.05) is 0 Å². The lowest BCUT2D eigenvalue weighted by molar-refractivity contribution is -0.124. The third-order valence-electron chi connectivity index (χ3n) is 5.13. The third kappa shape index (κ3) is 3.44. The van der Waals surface area contributed by atoms with Gasteiger partial charge in [0.1, 0.15) is 17.7 Å². The van der Waals surface area contributed by atoms with Gasteiger partial charge >= 0.3 is 0 Å². The predicted molar refractivity (Wildman–Crippen MR) is 119 cm³/mol. The number of thioether (sulfide) groups is 1. The Morgan fingerprint density at radius 3 is 2.50 bits per heavy atom. The second-order valence-electron chi connectivity index (χ2n) is 7.12. The number of amides is 1. The molecule has 0 N–H and O–H groups in total. The van der Waals surface area contributed by atoms with E-state index in [0.29, 0.717) is 28.7 Å². The van der Waals surface area contributed by atoms with Gasteiger partial charge in [-0.3, -0.25) is 9.79 Å². The van der Waals surface area contributed by atoms with Gasteiger partial charge in [0.05, 0.1) is 5.69 Å². The Bertz CT molecular complexity index is 1180. The van der Waals surface area contributed by atoms with Crippen molar-refractivity contribution in [3.8, 4) is 0 Å². The highest BCUT2D eigenvalue weighted by Gasteiger charge is 2.41. The summed E-state index contributed by atoms with van der Waals surface area (Å²) in [4.78, 5) is 24.4. The van der Waals surface area contributed by atoms with E-state index < -0.39 is 6.04 Å². The van der Waals surface area contributed by atoms with E-state index in [0.717, 1.165) is 16.8 Å². The molecule has 1 atom stereocenters. The first-order chi connectivity index (χ1) is 14.7. The summed E-state index contributed by atoms with van der Waals surface area (Å²) in [6.07, 6.45) is 0.535. The number of fused-ring (bicyclic) bond motifs is 3. The van der Waals surface area contributed by atoms with Gasteiger partial charge in [0.25, 0.3) is 5.91 Å². The Morgan fingerprint density at radius 2 is 1.67 bits per heavy atom. The molecule has 0 fully saturated rings. The fourth-order valence-electron chi connectivity index (χ4n) is 3.63. The lowest BCUT2D eigenvalue weighted by atomic mass is 10.1. The maximum absolute atomic E-state index is 14.1. The monoisotopic (exact) mass is 415 g/mol. The summed E-state index contributed by atoms with van der Waals surface area (Å²) < 4.78 is 14.1. The zero-order valence-electron chi connectivity index (χ0n) is 16.0. The molecule has 3 aromatic carbocycles. The molecule has 0 bridgehead atoms.